The van der Waals surface area contributed by atoms with Crippen LogP contribution in [0, 0.1) is 0 Å². The molecule has 0 saturated carbocycles. The minimum atomic E-state index is -0.400. The van der Waals surface area contributed by atoms with Gasteiger partial charge in [-0.25, -0.2) is 4.79 Å². The van der Waals surface area contributed by atoms with Crippen molar-refractivity contribution in [2.45, 2.75) is 0 Å². The third-order valence-electron chi connectivity index (χ3n) is 2.63. The summed E-state index contributed by atoms with van der Waals surface area (Å²) in [4.78, 5) is 11.7. The number of carbonyl (C=O) groups is 1. The van der Waals surface area contributed by atoms with Crippen molar-refractivity contribution in [3.63, 3.8) is 0 Å². The van der Waals surface area contributed by atoms with E-state index < -0.39 is 5.97 Å². The van der Waals surface area contributed by atoms with Crippen molar-refractivity contribution in [3.8, 4) is 0 Å². The minimum absolute atomic E-state index is 0.400. The van der Waals surface area contributed by atoms with E-state index >= 15 is 0 Å². The van der Waals surface area contributed by atoms with Crippen LogP contribution in [0.25, 0.3) is 12.2 Å². The average molecular weight is 250 g/mol. The van der Waals surface area contributed by atoms with Crippen molar-refractivity contribution >= 4 is 18.1 Å². The fourth-order valence-corrected chi connectivity index (χ4v) is 1.72. The lowest BCUT2D eigenvalue weighted by molar-refractivity contribution is 0.0664. The first kappa shape index (κ1) is 12.8. The fourth-order valence-electron chi connectivity index (χ4n) is 1.72. The van der Waals surface area contributed by atoms with Gasteiger partial charge in [0.2, 0.25) is 0 Å². The predicted octanol–water partition coefficient (Wildman–Crippen LogP) is 4.16. The van der Waals surface area contributed by atoms with Crippen LogP contribution in [0.15, 0.2) is 67.4 Å². The standard InChI is InChI=1S/C17H14O2/c1-2-19-17(18)16-11-7-6-10-15(16)13-12-14-8-4-3-5-9-14/h2-13H,1H2. The summed E-state index contributed by atoms with van der Waals surface area (Å²) >= 11 is 0. The molecule has 0 amide bonds. The Morgan fingerprint density at radius 2 is 1.63 bits per heavy atom. The Morgan fingerprint density at radius 1 is 0.947 bits per heavy atom. The average Bonchev–Trinajstić information content (AvgIpc) is 2.47. The van der Waals surface area contributed by atoms with E-state index in [2.05, 4.69) is 6.58 Å². The number of hydrogen-bond donors (Lipinski definition) is 0. The zero-order valence-electron chi connectivity index (χ0n) is 10.5. The fraction of sp³-hybridized carbons (Fsp3) is 0. The summed E-state index contributed by atoms with van der Waals surface area (Å²) in [5, 5.41) is 0. The predicted molar refractivity (Wildman–Crippen MR) is 77.4 cm³/mol. The highest BCUT2D eigenvalue weighted by Gasteiger charge is 2.08. The molecule has 2 heteroatoms. The van der Waals surface area contributed by atoms with Crippen molar-refractivity contribution in [2.75, 3.05) is 0 Å². The van der Waals surface area contributed by atoms with Gasteiger partial charge >= 0.3 is 5.97 Å². The van der Waals surface area contributed by atoms with Gasteiger partial charge in [-0.3, -0.25) is 0 Å². The molecule has 19 heavy (non-hydrogen) atoms. The van der Waals surface area contributed by atoms with E-state index in [0.29, 0.717) is 5.56 Å². The molecule has 2 rings (SSSR count). The van der Waals surface area contributed by atoms with Crippen LogP contribution in [-0.2, 0) is 4.74 Å². The Morgan fingerprint density at radius 3 is 2.37 bits per heavy atom. The van der Waals surface area contributed by atoms with Crippen molar-refractivity contribution in [1.29, 1.82) is 0 Å². The maximum Gasteiger partial charge on any atom is 0.343 e. The Labute approximate surface area is 112 Å². The van der Waals surface area contributed by atoms with Crippen LogP contribution in [0.3, 0.4) is 0 Å². The second-order valence-corrected chi connectivity index (χ2v) is 3.90. The summed E-state index contributed by atoms with van der Waals surface area (Å²) < 4.78 is 4.81. The second kappa shape index (κ2) is 6.36. The van der Waals surface area contributed by atoms with Crippen LogP contribution in [0.1, 0.15) is 21.5 Å². The van der Waals surface area contributed by atoms with E-state index in [1.165, 1.54) is 0 Å². The molecule has 0 saturated heterocycles. The lowest BCUT2D eigenvalue weighted by Gasteiger charge is -2.03. The zero-order chi connectivity index (χ0) is 13.5. The van der Waals surface area contributed by atoms with Gasteiger partial charge in [0.1, 0.15) is 0 Å². The summed E-state index contributed by atoms with van der Waals surface area (Å²) in [6, 6.07) is 17.2. The van der Waals surface area contributed by atoms with Crippen molar-refractivity contribution in [1.82, 2.24) is 0 Å². The molecular weight excluding hydrogens is 236 g/mol. The van der Waals surface area contributed by atoms with Gasteiger partial charge in [-0.05, 0) is 17.2 Å². The first-order valence-electron chi connectivity index (χ1n) is 5.95. The van der Waals surface area contributed by atoms with E-state index in [9.17, 15) is 4.79 Å². The number of esters is 1. The van der Waals surface area contributed by atoms with Crippen LogP contribution in [0.4, 0.5) is 0 Å². The van der Waals surface area contributed by atoms with Crippen LogP contribution in [0.5, 0.6) is 0 Å². The Balaban J connectivity index is 2.28. The van der Waals surface area contributed by atoms with Crippen LogP contribution in [0.2, 0.25) is 0 Å². The number of rotatable bonds is 4. The molecule has 0 spiro atoms. The summed E-state index contributed by atoms with van der Waals surface area (Å²) in [5.74, 6) is -0.400. The molecule has 0 aliphatic carbocycles. The number of carbonyl (C=O) groups excluding carboxylic acids is 1. The summed E-state index contributed by atoms with van der Waals surface area (Å²) in [6.07, 6.45) is 5.00. The maximum atomic E-state index is 11.7. The first-order chi connectivity index (χ1) is 9.31. The zero-order valence-corrected chi connectivity index (χ0v) is 10.5. The van der Waals surface area contributed by atoms with E-state index in [0.717, 1.165) is 17.4 Å². The van der Waals surface area contributed by atoms with Gasteiger partial charge in [-0.1, -0.05) is 67.3 Å². The summed E-state index contributed by atoms with van der Waals surface area (Å²) in [5.41, 5.74) is 2.42. The summed E-state index contributed by atoms with van der Waals surface area (Å²) in [7, 11) is 0. The van der Waals surface area contributed by atoms with Crippen molar-refractivity contribution < 1.29 is 9.53 Å². The van der Waals surface area contributed by atoms with Gasteiger partial charge in [0.25, 0.3) is 0 Å². The van der Waals surface area contributed by atoms with E-state index in [-0.39, 0.29) is 0 Å². The molecule has 94 valence electrons. The third-order valence-corrected chi connectivity index (χ3v) is 2.63. The van der Waals surface area contributed by atoms with Crippen LogP contribution >= 0.6 is 0 Å². The van der Waals surface area contributed by atoms with Gasteiger partial charge in [-0.2, -0.15) is 0 Å². The highest BCUT2D eigenvalue weighted by molar-refractivity contribution is 5.95. The minimum Gasteiger partial charge on any atom is -0.432 e. The molecule has 0 unspecified atom stereocenters. The Kier molecular flexibility index (Phi) is 4.29. The van der Waals surface area contributed by atoms with Crippen LogP contribution in [-0.4, -0.2) is 5.97 Å². The van der Waals surface area contributed by atoms with E-state index in [1.807, 2.05) is 54.6 Å². The smallest absolute Gasteiger partial charge is 0.343 e. The monoisotopic (exact) mass is 250 g/mol. The molecule has 0 atom stereocenters. The van der Waals surface area contributed by atoms with Crippen LogP contribution < -0.4 is 0 Å². The lowest BCUT2D eigenvalue weighted by Crippen LogP contribution is -2.02. The molecular formula is C17H14O2. The molecule has 2 aromatic rings. The number of ether oxygens (including phenoxy) is 1. The first-order valence-corrected chi connectivity index (χ1v) is 5.95. The van der Waals surface area contributed by atoms with Gasteiger partial charge in [0.05, 0.1) is 11.8 Å². The third kappa shape index (κ3) is 3.42. The lowest BCUT2D eigenvalue weighted by atomic mass is 10.1. The Bertz CT molecular complexity index is 598. The van der Waals surface area contributed by atoms with Gasteiger partial charge in [0.15, 0.2) is 0 Å². The molecule has 0 aliphatic rings. The molecule has 0 radical (unpaired) electrons. The molecule has 0 bridgehead atoms. The normalized spacial score (nSPS) is 10.3. The summed E-state index contributed by atoms with van der Waals surface area (Å²) in [6.45, 7) is 3.39. The molecule has 0 heterocycles. The van der Waals surface area contributed by atoms with E-state index in [4.69, 9.17) is 4.74 Å². The van der Waals surface area contributed by atoms with Gasteiger partial charge in [0, 0.05) is 0 Å². The molecule has 2 nitrogen and oxygen atoms in total. The van der Waals surface area contributed by atoms with Crippen molar-refractivity contribution in [3.05, 3.63) is 84.1 Å². The second-order valence-electron chi connectivity index (χ2n) is 3.90. The molecule has 2 aromatic carbocycles. The molecule has 0 aliphatic heterocycles. The maximum absolute atomic E-state index is 11.7. The highest BCUT2D eigenvalue weighted by Crippen LogP contribution is 2.14. The van der Waals surface area contributed by atoms with Gasteiger partial charge < -0.3 is 4.74 Å². The number of hydrogen-bond acceptors (Lipinski definition) is 2. The Hall–Kier alpha value is -2.61. The largest absolute Gasteiger partial charge is 0.432 e. The SMILES string of the molecule is C=COC(=O)c1ccccc1C=Cc1ccccc1. The van der Waals surface area contributed by atoms with Crippen molar-refractivity contribution in [2.24, 2.45) is 0 Å². The van der Waals surface area contributed by atoms with Gasteiger partial charge in [-0.15, -0.1) is 0 Å². The molecule has 0 N–H and O–H groups in total. The molecule has 0 aromatic heterocycles. The number of benzene rings is 2. The molecule has 0 fully saturated rings. The quantitative estimate of drug-likeness (QED) is 0.462. The van der Waals surface area contributed by atoms with E-state index in [1.54, 1.807) is 12.1 Å². The topological polar surface area (TPSA) is 26.3 Å². The highest BCUT2D eigenvalue weighted by atomic mass is 16.5.